The van der Waals surface area contributed by atoms with Crippen molar-refractivity contribution < 1.29 is 13.9 Å². The minimum Gasteiger partial charge on any atom is -0.381 e. The molecule has 4 heteroatoms. The van der Waals surface area contributed by atoms with E-state index in [1.54, 1.807) is 19.1 Å². The fraction of sp³-hybridized carbons (Fsp3) is 0.400. The first-order valence-electron chi connectivity index (χ1n) is 4.14. The second kappa shape index (κ2) is 3.83. The van der Waals surface area contributed by atoms with E-state index < -0.39 is 11.5 Å². The van der Waals surface area contributed by atoms with Gasteiger partial charge in [-0.2, -0.15) is 8.78 Å². The van der Waals surface area contributed by atoms with E-state index >= 15 is 0 Å². The highest BCUT2D eigenvalue weighted by Crippen LogP contribution is 2.36. The van der Waals surface area contributed by atoms with Gasteiger partial charge in [0.2, 0.25) is 0 Å². The molecule has 1 aromatic carbocycles. The van der Waals surface area contributed by atoms with Crippen molar-refractivity contribution in [1.82, 2.24) is 0 Å². The molecule has 1 atom stereocenters. The zero-order valence-corrected chi connectivity index (χ0v) is 8.65. The number of hydrogen-bond acceptors (Lipinski definition) is 1. The second-order valence-electron chi connectivity index (χ2n) is 3.30. The number of aliphatic hydroxyl groups excluding tert-OH is 1. The van der Waals surface area contributed by atoms with Crippen LogP contribution in [0.15, 0.2) is 18.2 Å². The minimum atomic E-state index is -3.62. The molecule has 0 aliphatic rings. The molecule has 1 nitrogen and oxygen atoms in total. The largest absolute Gasteiger partial charge is 0.381 e. The first-order chi connectivity index (χ1) is 6.32. The summed E-state index contributed by atoms with van der Waals surface area (Å²) < 4.78 is 25.2. The molecule has 0 bridgehead atoms. The summed E-state index contributed by atoms with van der Waals surface area (Å²) in [5.41, 5.74) is 1.73. The predicted octanol–water partition coefficient (Wildman–Crippen LogP) is 3.17. The quantitative estimate of drug-likeness (QED) is 0.759. The van der Waals surface area contributed by atoms with E-state index in [4.69, 9.17) is 11.6 Å². The molecule has 0 amide bonds. The van der Waals surface area contributed by atoms with Crippen LogP contribution < -0.4 is 0 Å². The Hall–Kier alpha value is -0.670. The third kappa shape index (κ3) is 2.42. The van der Waals surface area contributed by atoms with E-state index in [1.165, 1.54) is 6.07 Å². The van der Waals surface area contributed by atoms with Gasteiger partial charge >= 0.3 is 5.38 Å². The summed E-state index contributed by atoms with van der Waals surface area (Å²) >= 11 is 4.75. The molecule has 14 heavy (non-hydrogen) atoms. The van der Waals surface area contributed by atoms with Gasteiger partial charge in [0.05, 0.1) is 0 Å². The highest BCUT2D eigenvalue weighted by atomic mass is 35.5. The van der Waals surface area contributed by atoms with Gasteiger partial charge in [-0.15, -0.1) is 0 Å². The number of aryl methyl sites for hydroxylation is 2. The molecule has 0 saturated carbocycles. The van der Waals surface area contributed by atoms with Gasteiger partial charge in [-0.1, -0.05) is 23.8 Å². The Kier molecular flexibility index (Phi) is 3.12. The number of aliphatic hydroxyl groups is 1. The minimum absolute atomic E-state index is 0.163. The van der Waals surface area contributed by atoms with E-state index in [-0.39, 0.29) is 5.56 Å². The summed E-state index contributed by atoms with van der Waals surface area (Å²) in [6, 6.07) is 4.85. The molecule has 0 aromatic heterocycles. The molecule has 0 radical (unpaired) electrons. The van der Waals surface area contributed by atoms with E-state index in [1.807, 2.05) is 6.92 Å². The Morgan fingerprint density at radius 3 is 2.36 bits per heavy atom. The molecule has 1 rings (SSSR count). The Bertz CT molecular complexity index is 333. The third-order valence-corrected chi connectivity index (χ3v) is 2.24. The summed E-state index contributed by atoms with van der Waals surface area (Å²) in [5, 5.41) is 5.62. The highest BCUT2D eigenvalue weighted by molar-refractivity contribution is 6.22. The van der Waals surface area contributed by atoms with E-state index in [2.05, 4.69) is 0 Å². The highest BCUT2D eigenvalue weighted by Gasteiger charge is 2.37. The molecule has 0 aliphatic heterocycles. The van der Waals surface area contributed by atoms with Gasteiger partial charge in [0.15, 0.2) is 6.10 Å². The predicted molar refractivity (Wildman–Crippen MR) is 51.7 cm³/mol. The van der Waals surface area contributed by atoms with Crippen LogP contribution in [0.5, 0.6) is 0 Å². The molecule has 0 fully saturated rings. The van der Waals surface area contributed by atoms with Gasteiger partial charge in [-0.25, -0.2) is 0 Å². The lowest BCUT2D eigenvalue weighted by molar-refractivity contribution is -0.0427. The van der Waals surface area contributed by atoms with Crippen molar-refractivity contribution in [3.63, 3.8) is 0 Å². The molecule has 0 aliphatic carbocycles. The third-order valence-electron chi connectivity index (χ3n) is 2.03. The van der Waals surface area contributed by atoms with Crippen molar-refractivity contribution >= 4 is 11.6 Å². The zero-order valence-electron chi connectivity index (χ0n) is 7.89. The van der Waals surface area contributed by atoms with Crippen LogP contribution >= 0.6 is 11.6 Å². The molecule has 78 valence electrons. The second-order valence-corrected chi connectivity index (χ2v) is 3.81. The SMILES string of the molecule is Cc1ccc(C(O)C(F)(F)Cl)c(C)c1. The monoisotopic (exact) mass is 220 g/mol. The van der Waals surface area contributed by atoms with E-state index in [9.17, 15) is 13.9 Å². The van der Waals surface area contributed by atoms with Crippen molar-refractivity contribution in [2.45, 2.75) is 25.3 Å². The standard InChI is InChI=1S/C10H11ClF2O/c1-6-3-4-8(7(2)5-6)9(14)10(11,12)13/h3-5,9,14H,1-2H3. The molecule has 1 N–H and O–H groups in total. The Balaban J connectivity index is 3.08. The lowest BCUT2D eigenvalue weighted by atomic mass is 10.0. The summed E-state index contributed by atoms with van der Waals surface area (Å²) in [7, 11) is 0. The first kappa shape index (κ1) is 11.4. The van der Waals surface area contributed by atoms with Crippen molar-refractivity contribution in [3.8, 4) is 0 Å². The van der Waals surface area contributed by atoms with Gasteiger partial charge in [0.25, 0.3) is 0 Å². The maximum Gasteiger partial charge on any atom is 0.351 e. The van der Waals surface area contributed by atoms with Crippen molar-refractivity contribution in [2.24, 2.45) is 0 Å². The Labute approximate surface area is 86.3 Å². The molecule has 1 aromatic rings. The van der Waals surface area contributed by atoms with Gasteiger partial charge in [0, 0.05) is 0 Å². The topological polar surface area (TPSA) is 20.2 Å². The van der Waals surface area contributed by atoms with Crippen LogP contribution in [-0.4, -0.2) is 10.5 Å². The molecule has 1 unspecified atom stereocenters. The van der Waals surface area contributed by atoms with Crippen LogP contribution in [0, 0.1) is 13.8 Å². The number of rotatable bonds is 2. The normalized spacial score (nSPS) is 14.1. The average Bonchev–Trinajstić information content (AvgIpc) is 2.01. The van der Waals surface area contributed by atoms with Crippen LogP contribution in [0.2, 0.25) is 0 Å². The van der Waals surface area contributed by atoms with Gasteiger partial charge in [-0.3, -0.25) is 0 Å². The summed E-state index contributed by atoms with van der Waals surface area (Å²) in [4.78, 5) is 0. The molecule has 0 spiro atoms. The van der Waals surface area contributed by atoms with Crippen LogP contribution in [0.1, 0.15) is 22.8 Å². The number of benzene rings is 1. The lowest BCUT2D eigenvalue weighted by Crippen LogP contribution is -2.19. The zero-order chi connectivity index (χ0) is 10.9. The van der Waals surface area contributed by atoms with Crippen molar-refractivity contribution in [3.05, 3.63) is 34.9 Å². The van der Waals surface area contributed by atoms with Crippen molar-refractivity contribution in [2.75, 3.05) is 0 Å². The summed E-state index contributed by atoms with van der Waals surface area (Å²) in [5.74, 6) is 0. The Morgan fingerprint density at radius 2 is 1.93 bits per heavy atom. The van der Waals surface area contributed by atoms with Crippen LogP contribution in [0.4, 0.5) is 8.78 Å². The van der Waals surface area contributed by atoms with E-state index in [0.29, 0.717) is 5.56 Å². The van der Waals surface area contributed by atoms with Gasteiger partial charge in [0.1, 0.15) is 0 Å². The maximum absolute atomic E-state index is 12.6. The summed E-state index contributed by atoms with van der Waals surface area (Å²) in [6.45, 7) is 3.51. The van der Waals surface area contributed by atoms with Gasteiger partial charge < -0.3 is 5.11 Å². The summed E-state index contributed by atoms with van der Waals surface area (Å²) in [6.07, 6.45) is -1.95. The van der Waals surface area contributed by atoms with Gasteiger partial charge in [-0.05, 0) is 36.6 Å². The van der Waals surface area contributed by atoms with Crippen LogP contribution in [0.3, 0.4) is 0 Å². The van der Waals surface area contributed by atoms with Crippen LogP contribution in [0.25, 0.3) is 0 Å². The molecular weight excluding hydrogens is 210 g/mol. The number of hydrogen-bond donors (Lipinski definition) is 1. The van der Waals surface area contributed by atoms with Crippen molar-refractivity contribution in [1.29, 1.82) is 0 Å². The fourth-order valence-corrected chi connectivity index (χ4v) is 1.43. The molecule has 0 heterocycles. The van der Waals surface area contributed by atoms with E-state index in [0.717, 1.165) is 5.56 Å². The lowest BCUT2D eigenvalue weighted by Gasteiger charge is -2.18. The first-order valence-corrected chi connectivity index (χ1v) is 4.52. The number of alkyl halides is 3. The number of halogens is 3. The molecule has 0 saturated heterocycles. The van der Waals surface area contributed by atoms with Crippen LogP contribution in [-0.2, 0) is 0 Å². The molecular formula is C10H11ClF2O. The Morgan fingerprint density at radius 1 is 1.36 bits per heavy atom. The fourth-order valence-electron chi connectivity index (χ4n) is 1.31. The average molecular weight is 221 g/mol. The maximum atomic E-state index is 12.6. The smallest absolute Gasteiger partial charge is 0.351 e.